The second-order valence-corrected chi connectivity index (χ2v) is 3.28. The van der Waals surface area contributed by atoms with Gasteiger partial charge in [-0.15, -0.1) is 0 Å². The summed E-state index contributed by atoms with van der Waals surface area (Å²) in [5.41, 5.74) is 7.19. The molecule has 0 radical (unpaired) electrons. The van der Waals surface area contributed by atoms with Crippen LogP contribution in [0.5, 0.6) is 0 Å². The number of carbonyl (C=O) groups is 1. The maximum Gasteiger partial charge on any atom is 0.221 e. The first-order valence-corrected chi connectivity index (χ1v) is 4.80. The van der Waals surface area contributed by atoms with Crippen LogP contribution in [0.15, 0.2) is 12.3 Å². The molecule has 0 saturated heterocycles. The second-order valence-electron chi connectivity index (χ2n) is 3.28. The van der Waals surface area contributed by atoms with E-state index in [0.29, 0.717) is 18.7 Å². The maximum atomic E-state index is 10.9. The minimum Gasteiger partial charge on any atom is -0.397 e. The van der Waals surface area contributed by atoms with Crippen LogP contribution in [0.25, 0.3) is 0 Å². The Labute approximate surface area is 89.1 Å². The third kappa shape index (κ3) is 3.46. The highest BCUT2D eigenvalue weighted by atomic mass is 16.1. The lowest BCUT2D eigenvalue weighted by Gasteiger charge is -2.08. The summed E-state index contributed by atoms with van der Waals surface area (Å²) in [6.07, 6.45) is 2.03. The van der Waals surface area contributed by atoms with Gasteiger partial charge in [-0.05, 0) is 18.6 Å². The van der Waals surface area contributed by atoms with Gasteiger partial charge in [0.25, 0.3) is 0 Å². The van der Waals surface area contributed by atoms with Gasteiger partial charge >= 0.3 is 0 Å². The molecule has 1 aromatic rings. The van der Waals surface area contributed by atoms with E-state index in [0.717, 1.165) is 11.4 Å². The monoisotopic (exact) mass is 208 g/mol. The fourth-order valence-electron chi connectivity index (χ4n) is 1.20. The van der Waals surface area contributed by atoms with Gasteiger partial charge in [-0.25, -0.2) is 4.98 Å². The Morgan fingerprint density at radius 1 is 1.60 bits per heavy atom. The van der Waals surface area contributed by atoms with Gasteiger partial charge in [0.15, 0.2) is 0 Å². The number of nitrogens with two attached hydrogens (primary N) is 1. The van der Waals surface area contributed by atoms with Gasteiger partial charge in [-0.1, -0.05) is 0 Å². The molecule has 0 aromatic carbocycles. The Balaban J connectivity index is 2.47. The van der Waals surface area contributed by atoms with Crippen LogP contribution < -0.4 is 16.4 Å². The highest BCUT2D eigenvalue weighted by molar-refractivity contribution is 5.76. The molecule has 1 heterocycles. The predicted molar refractivity (Wildman–Crippen MR) is 60.6 cm³/mol. The van der Waals surface area contributed by atoms with Crippen LogP contribution in [0.4, 0.5) is 11.5 Å². The number of hydrogen-bond donors (Lipinski definition) is 3. The topological polar surface area (TPSA) is 80.0 Å². The molecule has 15 heavy (non-hydrogen) atoms. The third-order valence-electron chi connectivity index (χ3n) is 2.02. The molecule has 0 bridgehead atoms. The van der Waals surface area contributed by atoms with Crippen molar-refractivity contribution in [3.05, 3.63) is 17.8 Å². The number of anilines is 2. The number of hydrogen-bond acceptors (Lipinski definition) is 4. The highest BCUT2D eigenvalue weighted by Gasteiger charge is 2.01. The van der Waals surface area contributed by atoms with Crippen LogP contribution >= 0.6 is 0 Å². The largest absolute Gasteiger partial charge is 0.397 e. The zero-order chi connectivity index (χ0) is 11.3. The molecule has 0 unspecified atom stereocenters. The molecule has 0 atom stereocenters. The molecule has 1 aromatic heterocycles. The average molecular weight is 208 g/mol. The molecular weight excluding hydrogens is 192 g/mol. The highest BCUT2D eigenvalue weighted by Crippen LogP contribution is 2.13. The molecule has 0 aliphatic heterocycles. The number of nitrogen functional groups attached to an aromatic ring is 1. The van der Waals surface area contributed by atoms with Crippen molar-refractivity contribution in [3.8, 4) is 0 Å². The number of aryl methyl sites for hydroxylation is 1. The van der Waals surface area contributed by atoms with E-state index in [1.165, 1.54) is 0 Å². The summed E-state index contributed by atoms with van der Waals surface area (Å²) in [6, 6.07) is 1.84. The molecule has 5 heteroatoms. The third-order valence-corrected chi connectivity index (χ3v) is 2.02. The number of amides is 1. The number of nitrogens with zero attached hydrogens (tertiary/aromatic N) is 1. The Morgan fingerprint density at radius 2 is 2.33 bits per heavy atom. The molecule has 1 rings (SSSR count). The molecular formula is C10H16N4O. The van der Waals surface area contributed by atoms with Crippen LogP contribution in [0, 0.1) is 6.92 Å². The first-order chi connectivity index (χ1) is 7.13. The molecule has 0 spiro atoms. The molecule has 0 fully saturated rings. The minimum atomic E-state index is 0.00981. The van der Waals surface area contributed by atoms with Gasteiger partial charge < -0.3 is 16.4 Å². The van der Waals surface area contributed by atoms with E-state index in [1.807, 2.05) is 13.0 Å². The number of nitrogens with one attached hydrogen (secondary N) is 2. The van der Waals surface area contributed by atoms with E-state index in [2.05, 4.69) is 15.6 Å². The van der Waals surface area contributed by atoms with Gasteiger partial charge in [-0.2, -0.15) is 0 Å². The molecule has 0 aliphatic carbocycles. The Hall–Kier alpha value is -1.78. The summed E-state index contributed by atoms with van der Waals surface area (Å²) in [4.78, 5) is 15.1. The quantitative estimate of drug-likeness (QED) is 0.674. The van der Waals surface area contributed by atoms with Crippen molar-refractivity contribution >= 4 is 17.4 Å². The number of aromatic nitrogens is 1. The van der Waals surface area contributed by atoms with Crippen LogP contribution in [0.2, 0.25) is 0 Å². The van der Waals surface area contributed by atoms with E-state index in [4.69, 9.17) is 5.73 Å². The van der Waals surface area contributed by atoms with E-state index in [-0.39, 0.29) is 5.91 Å². The summed E-state index contributed by atoms with van der Waals surface area (Å²) in [5, 5.41) is 5.63. The summed E-state index contributed by atoms with van der Waals surface area (Å²) < 4.78 is 0. The lowest BCUT2D eigenvalue weighted by molar-refractivity contribution is -0.120. The van der Waals surface area contributed by atoms with Crippen LogP contribution in [-0.4, -0.2) is 24.5 Å². The van der Waals surface area contributed by atoms with Crippen molar-refractivity contribution in [2.45, 2.75) is 13.3 Å². The number of pyridine rings is 1. The zero-order valence-electron chi connectivity index (χ0n) is 9.00. The van der Waals surface area contributed by atoms with Crippen LogP contribution in [-0.2, 0) is 4.79 Å². The van der Waals surface area contributed by atoms with Gasteiger partial charge in [0.2, 0.25) is 5.91 Å². The Bertz CT molecular complexity index is 351. The smallest absolute Gasteiger partial charge is 0.221 e. The van der Waals surface area contributed by atoms with Crippen molar-refractivity contribution in [2.24, 2.45) is 0 Å². The van der Waals surface area contributed by atoms with Crippen LogP contribution in [0.1, 0.15) is 12.0 Å². The molecule has 1 amide bonds. The zero-order valence-corrected chi connectivity index (χ0v) is 9.00. The van der Waals surface area contributed by atoms with Crippen molar-refractivity contribution in [1.82, 2.24) is 10.3 Å². The van der Waals surface area contributed by atoms with Gasteiger partial charge in [0.05, 0.1) is 11.9 Å². The Kier molecular flexibility index (Phi) is 3.91. The first-order valence-electron chi connectivity index (χ1n) is 4.80. The lowest BCUT2D eigenvalue weighted by atomic mass is 10.2. The molecule has 0 saturated carbocycles. The van der Waals surface area contributed by atoms with Gasteiger partial charge in [0, 0.05) is 20.0 Å². The van der Waals surface area contributed by atoms with Crippen molar-refractivity contribution in [2.75, 3.05) is 24.6 Å². The van der Waals surface area contributed by atoms with E-state index >= 15 is 0 Å². The normalized spacial score (nSPS) is 9.73. The summed E-state index contributed by atoms with van der Waals surface area (Å²) >= 11 is 0. The van der Waals surface area contributed by atoms with E-state index < -0.39 is 0 Å². The first kappa shape index (κ1) is 11.3. The van der Waals surface area contributed by atoms with Crippen molar-refractivity contribution in [3.63, 3.8) is 0 Å². The SMILES string of the molecule is CNC(=O)CCNc1ncc(N)cc1C. The number of rotatable bonds is 4. The minimum absolute atomic E-state index is 0.00981. The van der Waals surface area contributed by atoms with Crippen LogP contribution in [0.3, 0.4) is 0 Å². The predicted octanol–water partition coefficient (Wildman–Crippen LogP) is 0.520. The molecule has 5 nitrogen and oxygen atoms in total. The second kappa shape index (κ2) is 5.19. The number of carbonyl (C=O) groups excluding carboxylic acids is 1. The van der Waals surface area contributed by atoms with Crippen molar-refractivity contribution < 1.29 is 4.79 Å². The Morgan fingerprint density at radius 3 is 2.93 bits per heavy atom. The lowest BCUT2D eigenvalue weighted by Crippen LogP contribution is -2.21. The average Bonchev–Trinajstić information content (AvgIpc) is 2.21. The fourth-order valence-corrected chi connectivity index (χ4v) is 1.20. The van der Waals surface area contributed by atoms with E-state index in [9.17, 15) is 4.79 Å². The summed E-state index contributed by atoms with van der Waals surface area (Å²) in [6.45, 7) is 2.49. The molecule has 0 aliphatic rings. The van der Waals surface area contributed by atoms with Gasteiger partial charge in [0.1, 0.15) is 5.82 Å². The molecule has 82 valence electrons. The summed E-state index contributed by atoms with van der Waals surface area (Å²) in [7, 11) is 1.62. The summed E-state index contributed by atoms with van der Waals surface area (Å²) in [5.74, 6) is 0.781. The molecule has 4 N–H and O–H groups in total. The van der Waals surface area contributed by atoms with Crippen molar-refractivity contribution in [1.29, 1.82) is 0 Å². The van der Waals surface area contributed by atoms with Gasteiger partial charge in [-0.3, -0.25) is 4.79 Å². The van der Waals surface area contributed by atoms with E-state index in [1.54, 1.807) is 13.2 Å². The standard InChI is InChI=1S/C10H16N4O/c1-7-5-8(11)6-14-10(7)13-4-3-9(15)12-2/h5-6H,3-4,11H2,1-2H3,(H,12,15)(H,13,14). The fraction of sp³-hybridized carbons (Fsp3) is 0.400. The maximum absolute atomic E-state index is 10.9.